The number of aliphatic carboxylic acids is 1. The Morgan fingerprint density at radius 3 is 2.65 bits per heavy atom. The van der Waals surface area contributed by atoms with Crippen molar-refractivity contribution in [3.63, 3.8) is 0 Å². The molecule has 0 unspecified atom stereocenters. The Morgan fingerprint density at radius 1 is 1.45 bits per heavy atom. The Morgan fingerprint density at radius 2 is 2.10 bits per heavy atom. The van der Waals surface area contributed by atoms with Crippen molar-refractivity contribution in [2.24, 2.45) is 0 Å². The first kappa shape index (κ1) is 15.4. The maximum absolute atomic E-state index is 13.8. The lowest BCUT2D eigenvalue weighted by Gasteiger charge is -2.21. The van der Waals surface area contributed by atoms with E-state index in [1.54, 1.807) is 0 Å². The number of β-amino-alcohol motifs (C(OH)–C–C–N with tert-alkyl or cyclic N) is 1. The maximum atomic E-state index is 13.8. The third kappa shape index (κ3) is 2.71. The van der Waals surface area contributed by atoms with E-state index in [1.807, 2.05) is 0 Å². The molecule has 1 aliphatic heterocycles. The molecular formula is C11H11BrFNO5S. The van der Waals surface area contributed by atoms with Crippen molar-refractivity contribution in [1.29, 1.82) is 0 Å². The van der Waals surface area contributed by atoms with Crippen LogP contribution < -0.4 is 0 Å². The molecule has 2 atom stereocenters. The predicted molar refractivity (Wildman–Crippen MR) is 70.0 cm³/mol. The van der Waals surface area contributed by atoms with Crippen LogP contribution in [-0.2, 0) is 14.8 Å². The van der Waals surface area contributed by atoms with Crippen LogP contribution in [-0.4, -0.2) is 47.6 Å². The van der Waals surface area contributed by atoms with E-state index in [0.29, 0.717) is 8.78 Å². The number of carbonyl (C=O) groups is 1. The summed E-state index contributed by atoms with van der Waals surface area (Å²) < 4.78 is 39.4. The molecule has 1 saturated heterocycles. The molecule has 1 aliphatic rings. The summed E-state index contributed by atoms with van der Waals surface area (Å²) in [7, 11) is -4.32. The van der Waals surface area contributed by atoms with Crippen LogP contribution in [0, 0.1) is 5.82 Å². The minimum atomic E-state index is -4.32. The molecule has 0 spiro atoms. The van der Waals surface area contributed by atoms with Gasteiger partial charge >= 0.3 is 5.97 Å². The fourth-order valence-electron chi connectivity index (χ4n) is 2.09. The molecule has 0 amide bonds. The fourth-order valence-corrected chi connectivity index (χ4v) is 4.10. The largest absolute Gasteiger partial charge is 0.480 e. The first-order valence-corrected chi connectivity index (χ1v) is 7.84. The van der Waals surface area contributed by atoms with E-state index in [9.17, 15) is 22.7 Å². The summed E-state index contributed by atoms with van der Waals surface area (Å²) >= 11 is 3.01. The van der Waals surface area contributed by atoms with Crippen molar-refractivity contribution >= 4 is 31.9 Å². The molecule has 0 aromatic heterocycles. The average Bonchev–Trinajstić information content (AvgIpc) is 2.71. The molecule has 2 rings (SSSR count). The first-order chi connectivity index (χ1) is 9.23. The van der Waals surface area contributed by atoms with Crippen LogP contribution in [0.4, 0.5) is 4.39 Å². The molecule has 0 aliphatic carbocycles. The highest BCUT2D eigenvalue weighted by atomic mass is 79.9. The summed E-state index contributed by atoms with van der Waals surface area (Å²) in [5, 5.41) is 18.5. The second kappa shape index (κ2) is 5.40. The quantitative estimate of drug-likeness (QED) is 0.823. The second-order valence-corrected chi connectivity index (χ2v) is 7.17. The van der Waals surface area contributed by atoms with E-state index in [4.69, 9.17) is 5.11 Å². The van der Waals surface area contributed by atoms with Gasteiger partial charge in [0.2, 0.25) is 10.0 Å². The fraction of sp³-hybridized carbons (Fsp3) is 0.364. The summed E-state index contributed by atoms with van der Waals surface area (Å²) in [4.78, 5) is 10.4. The number of carboxylic acids is 1. The Kier molecular flexibility index (Phi) is 4.14. The molecule has 6 nitrogen and oxygen atoms in total. The standard InChI is InChI=1S/C11H11BrFNO5S/c12-6-1-2-10(8(13)3-6)20(18,19)14-5-7(15)4-9(14)11(16)17/h1-3,7,9,15H,4-5H2,(H,16,17)/t7-,9-/m0/s1. The van der Waals surface area contributed by atoms with Gasteiger partial charge in [0.15, 0.2) is 0 Å². The number of aliphatic hydroxyl groups excluding tert-OH is 1. The van der Waals surface area contributed by atoms with Crippen LogP contribution in [0.3, 0.4) is 0 Å². The van der Waals surface area contributed by atoms with Crippen LogP contribution in [0.5, 0.6) is 0 Å². The van der Waals surface area contributed by atoms with Crippen LogP contribution >= 0.6 is 15.9 Å². The van der Waals surface area contributed by atoms with Gasteiger partial charge in [-0.3, -0.25) is 4.79 Å². The van der Waals surface area contributed by atoms with Gasteiger partial charge in [0.05, 0.1) is 6.10 Å². The lowest BCUT2D eigenvalue weighted by Crippen LogP contribution is -2.40. The summed E-state index contributed by atoms with van der Waals surface area (Å²) in [6.07, 6.45) is -1.29. The topological polar surface area (TPSA) is 94.9 Å². The Balaban J connectivity index is 2.46. The zero-order valence-corrected chi connectivity index (χ0v) is 12.4. The summed E-state index contributed by atoms with van der Waals surface area (Å²) in [5.41, 5.74) is 0. The van der Waals surface area contributed by atoms with Gasteiger partial charge in [-0.15, -0.1) is 0 Å². The van der Waals surface area contributed by atoms with Gasteiger partial charge in [-0.05, 0) is 18.2 Å². The van der Waals surface area contributed by atoms with Crippen LogP contribution in [0.1, 0.15) is 6.42 Å². The van der Waals surface area contributed by atoms with Gasteiger partial charge in [-0.25, -0.2) is 12.8 Å². The molecule has 0 saturated carbocycles. The van der Waals surface area contributed by atoms with Crippen LogP contribution in [0.25, 0.3) is 0 Å². The average molecular weight is 368 g/mol. The Labute approximate surface area is 123 Å². The van der Waals surface area contributed by atoms with E-state index < -0.39 is 38.9 Å². The Bertz CT molecular complexity index is 650. The van der Waals surface area contributed by atoms with Crippen molar-refractivity contribution in [3.05, 3.63) is 28.5 Å². The number of halogens is 2. The minimum absolute atomic E-state index is 0.216. The Hall–Kier alpha value is -1.03. The van der Waals surface area contributed by atoms with Gasteiger partial charge in [0, 0.05) is 17.4 Å². The number of aliphatic hydroxyl groups is 1. The van der Waals surface area contributed by atoms with Crippen LogP contribution in [0.15, 0.2) is 27.6 Å². The normalized spacial score (nSPS) is 23.9. The van der Waals surface area contributed by atoms with E-state index in [0.717, 1.165) is 12.1 Å². The molecule has 20 heavy (non-hydrogen) atoms. The highest BCUT2D eigenvalue weighted by Gasteiger charge is 2.44. The van der Waals surface area contributed by atoms with E-state index in [2.05, 4.69) is 15.9 Å². The van der Waals surface area contributed by atoms with Crippen molar-refractivity contribution in [2.75, 3.05) is 6.54 Å². The number of sulfonamides is 1. The molecule has 0 radical (unpaired) electrons. The van der Waals surface area contributed by atoms with E-state index in [1.165, 1.54) is 6.07 Å². The van der Waals surface area contributed by atoms with Crippen molar-refractivity contribution in [2.45, 2.75) is 23.5 Å². The number of carboxylic acid groups (broad SMARTS) is 1. The van der Waals surface area contributed by atoms with Gasteiger partial charge in [-0.2, -0.15) is 4.31 Å². The minimum Gasteiger partial charge on any atom is -0.480 e. The molecule has 2 N–H and O–H groups in total. The summed E-state index contributed by atoms with van der Waals surface area (Å²) in [5.74, 6) is -2.35. The number of benzene rings is 1. The molecule has 9 heteroatoms. The third-order valence-corrected chi connectivity index (χ3v) is 5.40. The van der Waals surface area contributed by atoms with Crippen LogP contribution in [0.2, 0.25) is 0 Å². The molecule has 1 fully saturated rings. The second-order valence-electron chi connectivity index (χ2n) is 4.39. The number of nitrogens with zero attached hydrogens (tertiary/aromatic N) is 1. The number of hydrogen-bond acceptors (Lipinski definition) is 4. The summed E-state index contributed by atoms with van der Waals surface area (Å²) in [6.45, 7) is -0.366. The third-order valence-electron chi connectivity index (χ3n) is 3.00. The molecular weight excluding hydrogens is 357 g/mol. The monoisotopic (exact) mass is 367 g/mol. The van der Waals surface area contributed by atoms with E-state index >= 15 is 0 Å². The van der Waals surface area contributed by atoms with Gasteiger partial charge < -0.3 is 10.2 Å². The number of hydrogen-bond donors (Lipinski definition) is 2. The highest BCUT2D eigenvalue weighted by Crippen LogP contribution is 2.29. The molecule has 1 aromatic rings. The van der Waals surface area contributed by atoms with Gasteiger partial charge in [0.1, 0.15) is 16.8 Å². The smallest absolute Gasteiger partial charge is 0.322 e. The molecule has 1 heterocycles. The lowest BCUT2D eigenvalue weighted by molar-refractivity contribution is -0.140. The zero-order chi connectivity index (χ0) is 15.1. The van der Waals surface area contributed by atoms with E-state index in [-0.39, 0.29) is 13.0 Å². The van der Waals surface area contributed by atoms with Crippen molar-refractivity contribution in [1.82, 2.24) is 4.31 Å². The van der Waals surface area contributed by atoms with Gasteiger partial charge in [0.25, 0.3) is 0 Å². The molecule has 110 valence electrons. The van der Waals surface area contributed by atoms with Crippen molar-refractivity contribution in [3.8, 4) is 0 Å². The number of rotatable bonds is 3. The molecule has 1 aromatic carbocycles. The van der Waals surface area contributed by atoms with Gasteiger partial charge in [-0.1, -0.05) is 15.9 Å². The summed E-state index contributed by atoms with van der Waals surface area (Å²) in [6, 6.07) is 1.99. The predicted octanol–water partition coefficient (Wildman–Crippen LogP) is 0.797. The SMILES string of the molecule is O=C(O)[C@@H]1C[C@H](O)CN1S(=O)(=O)c1ccc(Br)cc1F. The lowest BCUT2D eigenvalue weighted by atomic mass is 10.2. The highest BCUT2D eigenvalue weighted by molar-refractivity contribution is 9.10. The molecule has 0 bridgehead atoms. The van der Waals surface area contributed by atoms with Crippen molar-refractivity contribution < 1.29 is 27.8 Å². The maximum Gasteiger partial charge on any atom is 0.322 e. The zero-order valence-electron chi connectivity index (χ0n) is 10.0. The first-order valence-electron chi connectivity index (χ1n) is 5.61.